The molecule has 1 N–H and O–H groups in total. The van der Waals surface area contributed by atoms with Crippen molar-refractivity contribution in [1.29, 1.82) is 0 Å². The Bertz CT molecular complexity index is 695. The van der Waals surface area contributed by atoms with E-state index in [-0.39, 0.29) is 5.56 Å². The lowest BCUT2D eigenvalue weighted by atomic mass is 9.85. The number of pyridine rings is 1. The van der Waals surface area contributed by atoms with Crippen molar-refractivity contribution in [3.05, 3.63) is 52.5 Å². The molecule has 0 aliphatic carbocycles. The molecule has 1 aliphatic heterocycles. The first-order valence-electron chi connectivity index (χ1n) is 5.54. The number of nitrogens with one attached hydrogen (secondary N) is 1. The summed E-state index contributed by atoms with van der Waals surface area (Å²) in [7, 11) is 0. The molecule has 86 valence electrons. The highest BCUT2D eigenvalue weighted by Gasteiger charge is 2.39. The van der Waals surface area contributed by atoms with Crippen LogP contribution in [0.1, 0.15) is 19.4 Å². The van der Waals surface area contributed by atoms with Crippen molar-refractivity contribution in [2.75, 3.05) is 0 Å². The number of hydrogen-bond donors (Lipinski definition) is 1. The fourth-order valence-corrected chi connectivity index (χ4v) is 2.28. The zero-order valence-electron chi connectivity index (χ0n) is 9.83. The molecule has 0 amide bonds. The van der Waals surface area contributed by atoms with Crippen LogP contribution >= 0.6 is 0 Å². The van der Waals surface area contributed by atoms with E-state index in [4.69, 9.17) is 4.74 Å². The van der Waals surface area contributed by atoms with Gasteiger partial charge in [0, 0.05) is 5.39 Å². The molecule has 1 aromatic carbocycles. The van der Waals surface area contributed by atoms with Gasteiger partial charge in [-0.1, -0.05) is 18.7 Å². The monoisotopic (exact) mass is 227 g/mol. The molecule has 3 nitrogen and oxygen atoms in total. The Kier molecular flexibility index (Phi) is 1.79. The second-order valence-corrected chi connectivity index (χ2v) is 4.85. The van der Waals surface area contributed by atoms with E-state index >= 15 is 0 Å². The average Bonchev–Trinajstić information content (AvgIpc) is 2.51. The number of allylic oxidation sites excluding steroid dienone is 1. The molecule has 17 heavy (non-hydrogen) atoms. The molecule has 3 rings (SSSR count). The van der Waals surface area contributed by atoms with Crippen LogP contribution in [-0.4, -0.2) is 4.98 Å². The van der Waals surface area contributed by atoms with Gasteiger partial charge in [-0.05, 0) is 26.0 Å². The van der Waals surface area contributed by atoms with Crippen molar-refractivity contribution in [1.82, 2.24) is 4.98 Å². The Hall–Kier alpha value is -2.03. The average molecular weight is 227 g/mol. The van der Waals surface area contributed by atoms with Gasteiger partial charge in [0.05, 0.1) is 16.5 Å². The van der Waals surface area contributed by atoms with E-state index in [1.807, 2.05) is 38.1 Å². The normalized spacial score (nSPS) is 16.9. The first kappa shape index (κ1) is 10.1. The number of rotatable bonds is 0. The Morgan fingerprint density at radius 1 is 1.29 bits per heavy atom. The number of H-pyrrole nitrogens is 1. The van der Waals surface area contributed by atoms with Crippen LogP contribution in [0.2, 0.25) is 0 Å². The Morgan fingerprint density at radius 3 is 2.76 bits per heavy atom. The van der Waals surface area contributed by atoms with E-state index < -0.39 is 5.41 Å². The van der Waals surface area contributed by atoms with E-state index in [1.54, 1.807) is 0 Å². The molecular weight excluding hydrogens is 214 g/mol. The first-order chi connectivity index (χ1) is 8.01. The predicted molar refractivity (Wildman–Crippen MR) is 67.4 cm³/mol. The summed E-state index contributed by atoms with van der Waals surface area (Å²) in [5.41, 5.74) is 0.928. The fraction of sp³-hybridized carbons (Fsp3) is 0.214. The smallest absolute Gasteiger partial charge is 0.256 e. The van der Waals surface area contributed by atoms with Crippen LogP contribution in [0.5, 0.6) is 5.75 Å². The highest BCUT2D eigenvalue weighted by atomic mass is 16.5. The molecule has 0 saturated heterocycles. The lowest BCUT2D eigenvalue weighted by Crippen LogP contribution is -2.24. The third-order valence-electron chi connectivity index (χ3n) is 3.42. The Balaban J connectivity index is 2.51. The molecule has 0 atom stereocenters. The van der Waals surface area contributed by atoms with Crippen LogP contribution in [0.15, 0.2) is 41.4 Å². The van der Waals surface area contributed by atoms with Crippen molar-refractivity contribution in [2.45, 2.75) is 19.3 Å². The summed E-state index contributed by atoms with van der Waals surface area (Å²) in [6.07, 6.45) is 0. The second kappa shape index (κ2) is 3.00. The quantitative estimate of drug-likeness (QED) is 0.751. The summed E-state index contributed by atoms with van der Waals surface area (Å²) >= 11 is 0. The number of aromatic nitrogens is 1. The van der Waals surface area contributed by atoms with Crippen LogP contribution in [0.4, 0.5) is 0 Å². The highest BCUT2D eigenvalue weighted by molar-refractivity contribution is 5.87. The van der Waals surface area contributed by atoms with Gasteiger partial charge in [-0.3, -0.25) is 4.79 Å². The van der Waals surface area contributed by atoms with Crippen LogP contribution in [0.3, 0.4) is 0 Å². The van der Waals surface area contributed by atoms with Crippen molar-refractivity contribution in [3.63, 3.8) is 0 Å². The molecular formula is C14H13NO2. The largest absolute Gasteiger partial charge is 0.460 e. The van der Waals surface area contributed by atoms with Gasteiger partial charge < -0.3 is 9.72 Å². The number of benzene rings is 1. The molecule has 1 aliphatic rings. The van der Waals surface area contributed by atoms with E-state index in [9.17, 15) is 4.79 Å². The molecule has 2 aromatic rings. The molecule has 0 radical (unpaired) electrons. The summed E-state index contributed by atoms with van der Waals surface area (Å²) in [4.78, 5) is 15.0. The summed E-state index contributed by atoms with van der Waals surface area (Å²) in [5.74, 6) is 1.27. The minimum absolute atomic E-state index is 0.0950. The third-order valence-corrected chi connectivity index (χ3v) is 3.42. The summed E-state index contributed by atoms with van der Waals surface area (Å²) in [6.45, 7) is 7.79. The van der Waals surface area contributed by atoms with E-state index in [0.717, 1.165) is 10.9 Å². The standard InChI is InChI=1S/C14H13NO2/c1-8-14(2,3)11-12(17-8)9-6-4-5-7-10(9)15-13(11)16/h4-7H,1H2,2-3H3,(H,15,16). The maximum atomic E-state index is 12.1. The van der Waals surface area contributed by atoms with Crippen molar-refractivity contribution >= 4 is 10.9 Å². The molecule has 0 bridgehead atoms. The van der Waals surface area contributed by atoms with Crippen molar-refractivity contribution in [3.8, 4) is 5.75 Å². The molecule has 0 unspecified atom stereocenters. The summed E-state index contributed by atoms with van der Waals surface area (Å²) in [5, 5.41) is 0.925. The molecule has 2 heterocycles. The van der Waals surface area contributed by atoms with Gasteiger partial charge >= 0.3 is 0 Å². The fourth-order valence-electron chi connectivity index (χ4n) is 2.28. The van der Waals surface area contributed by atoms with Crippen LogP contribution in [0, 0.1) is 0 Å². The zero-order chi connectivity index (χ0) is 12.2. The lowest BCUT2D eigenvalue weighted by Gasteiger charge is -2.15. The van der Waals surface area contributed by atoms with Gasteiger partial charge in [0.25, 0.3) is 5.56 Å². The molecule has 3 heteroatoms. The van der Waals surface area contributed by atoms with Crippen molar-refractivity contribution < 1.29 is 4.74 Å². The first-order valence-corrected chi connectivity index (χ1v) is 5.54. The van der Waals surface area contributed by atoms with Crippen LogP contribution in [-0.2, 0) is 5.41 Å². The molecule has 1 aromatic heterocycles. The predicted octanol–water partition coefficient (Wildman–Crippen LogP) is 2.71. The van der Waals surface area contributed by atoms with Gasteiger partial charge in [0.15, 0.2) is 0 Å². The Labute approximate surface area is 98.7 Å². The van der Waals surface area contributed by atoms with Gasteiger partial charge in [-0.25, -0.2) is 0 Å². The SMILES string of the molecule is C=C1Oc2c(c(=O)[nH]c3ccccc23)C1(C)C. The molecule has 0 saturated carbocycles. The minimum atomic E-state index is -0.438. The van der Waals surface area contributed by atoms with Crippen molar-refractivity contribution in [2.24, 2.45) is 0 Å². The van der Waals surface area contributed by atoms with Gasteiger partial charge in [-0.2, -0.15) is 0 Å². The minimum Gasteiger partial charge on any atom is -0.460 e. The van der Waals surface area contributed by atoms with Crippen LogP contribution < -0.4 is 10.3 Å². The van der Waals surface area contributed by atoms with Gasteiger partial charge in [0.2, 0.25) is 0 Å². The number of ether oxygens (including phenoxy) is 1. The van der Waals surface area contributed by atoms with Gasteiger partial charge in [0.1, 0.15) is 11.5 Å². The topological polar surface area (TPSA) is 42.1 Å². The summed E-state index contributed by atoms with van der Waals surface area (Å²) in [6, 6.07) is 7.63. The summed E-state index contributed by atoms with van der Waals surface area (Å²) < 4.78 is 5.70. The lowest BCUT2D eigenvalue weighted by molar-refractivity contribution is 0.398. The number of fused-ring (bicyclic) bond motifs is 3. The highest BCUT2D eigenvalue weighted by Crippen LogP contribution is 2.45. The van der Waals surface area contributed by atoms with Crippen LogP contribution in [0.25, 0.3) is 10.9 Å². The maximum Gasteiger partial charge on any atom is 0.256 e. The number of hydrogen-bond acceptors (Lipinski definition) is 2. The maximum absolute atomic E-state index is 12.1. The number of aromatic amines is 1. The van der Waals surface area contributed by atoms with Gasteiger partial charge in [-0.15, -0.1) is 0 Å². The van der Waals surface area contributed by atoms with E-state index in [2.05, 4.69) is 11.6 Å². The Morgan fingerprint density at radius 2 is 2.00 bits per heavy atom. The second-order valence-electron chi connectivity index (χ2n) is 4.85. The van der Waals surface area contributed by atoms with E-state index in [0.29, 0.717) is 17.1 Å². The van der Waals surface area contributed by atoms with E-state index in [1.165, 1.54) is 0 Å². The third kappa shape index (κ3) is 1.19. The number of para-hydroxylation sites is 1. The zero-order valence-corrected chi connectivity index (χ0v) is 9.83. The molecule has 0 spiro atoms. The molecule has 0 fully saturated rings.